The van der Waals surface area contributed by atoms with Crippen molar-refractivity contribution in [1.82, 2.24) is 5.32 Å². The molecule has 4 rings (SSSR count). The van der Waals surface area contributed by atoms with Crippen molar-refractivity contribution in [2.45, 2.75) is 83.8 Å². The predicted molar refractivity (Wildman–Crippen MR) is 126 cm³/mol. The van der Waals surface area contributed by atoms with Gasteiger partial charge in [-0.25, -0.2) is 0 Å². The first-order valence-electron chi connectivity index (χ1n) is 11.9. The summed E-state index contributed by atoms with van der Waals surface area (Å²) in [6.45, 7) is 7.57. The van der Waals surface area contributed by atoms with Crippen LogP contribution in [-0.2, 0) is 10.3 Å². The molecule has 2 aliphatic rings. The van der Waals surface area contributed by atoms with E-state index in [1.807, 2.05) is 0 Å². The minimum absolute atomic E-state index is 0.0650. The quantitative estimate of drug-likeness (QED) is 0.551. The van der Waals surface area contributed by atoms with Crippen molar-refractivity contribution < 1.29 is 14.6 Å². The van der Waals surface area contributed by atoms with Crippen molar-refractivity contribution in [2.24, 2.45) is 11.3 Å². The summed E-state index contributed by atoms with van der Waals surface area (Å²) in [7, 11) is 0. The molecule has 2 N–H and O–H groups in total. The molecule has 4 nitrogen and oxygen atoms in total. The molecular weight excluding hydrogens is 386 g/mol. The molecule has 4 heteroatoms. The number of carbonyl (C=O) groups is 1. The topological polar surface area (TPSA) is 58.6 Å². The number of hydrogen-bond donors (Lipinski definition) is 2. The Kier molecular flexibility index (Phi) is 6.30. The van der Waals surface area contributed by atoms with E-state index in [1.54, 1.807) is 0 Å². The Morgan fingerprint density at radius 1 is 1.06 bits per heavy atom. The number of carboxylic acids is 1. The van der Waals surface area contributed by atoms with Gasteiger partial charge in [0, 0.05) is 12.1 Å². The molecular formula is C27H37NO3. The fraction of sp³-hybridized carbons (Fsp3) is 0.593. The average molecular weight is 424 g/mol. The highest BCUT2D eigenvalue weighted by Crippen LogP contribution is 2.42. The van der Waals surface area contributed by atoms with Gasteiger partial charge in [-0.3, -0.25) is 4.79 Å². The van der Waals surface area contributed by atoms with E-state index < -0.39 is 5.97 Å². The first kappa shape index (κ1) is 22.1. The molecule has 168 valence electrons. The third-order valence-corrected chi connectivity index (χ3v) is 7.58. The average Bonchev–Trinajstić information content (AvgIpc) is 2.69. The smallest absolute Gasteiger partial charge is 0.304 e. The van der Waals surface area contributed by atoms with Gasteiger partial charge >= 0.3 is 5.97 Å². The summed E-state index contributed by atoms with van der Waals surface area (Å²) in [4.78, 5) is 10.9. The highest BCUT2D eigenvalue weighted by Gasteiger charge is 2.38. The van der Waals surface area contributed by atoms with Crippen LogP contribution in [0.4, 0.5) is 0 Å². The van der Waals surface area contributed by atoms with Crippen molar-refractivity contribution in [1.29, 1.82) is 0 Å². The number of rotatable bonds is 7. The second-order valence-electron chi connectivity index (χ2n) is 10.7. The monoisotopic (exact) mass is 423 g/mol. The van der Waals surface area contributed by atoms with Gasteiger partial charge in [-0.15, -0.1) is 0 Å². The van der Waals surface area contributed by atoms with Gasteiger partial charge in [0.25, 0.3) is 0 Å². The molecule has 0 aromatic heterocycles. The van der Waals surface area contributed by atoms with Gasteiger partial charge in [-0.05, 0) is 90.8 Å². The van der Waals surface area contributed by atoms with Crippen molar-refractivity contribution in [3.05, 3.63) is 42.0 Å². The van der Waals surface area contributed by atoms with Crippen LogP contribution in [0, 0.1) is 11.3 Å². The normalized spacial score (nSPS) is 23.3. The first-order valence-corrected chi connectivity index (χ1v) is 11.9. The van der Waals surface area contributed by atoms with Gasteiger partial charge < -0.3 is 15.2 Å². The number of ether oxygens (including phenoxy) is 1. The summed E-state index contributed by atoms with van der Waals surface area (Å²) in [5.74, 6) is 1.02. The van der Waals surface area contributed by atoms with Gasteiger partial charge in [0.15, 0.2) is 0 Å². The van der Waals surface area contributed by atoms with Gasteiger partial charge in [-0.2, -0.15) is 0 Å². The van der Waals surface area contributed by atoms with Crippen LogP contribution in [-0.4, -0.2) is 23.7 Å². The van der Waals surface area contributed by atoms with E-state index in [0.717, 1.165) is 37.4 Å². The fourth-order valence-electron chi connectivity index (χ4n) is 5.34. The van der Waals surface area contributed by atoms with Crippen LogP contribution in [0.2, 0.25) is 0 Å². The van der Waals surface area contributed by atoms with Crippen LogP contribution in [0.3, 0.4) is 0 Å². The zero-order valence-electron chi connectivity index (χ0n) is 19.2. The van der Waals surface area contributed by atoms with Gasteiger partial charge in [0.1, 0.15) is 5.75 Å². The number of fused-ring (bicyclic) bond motifs is 1. The molecule has 0 amide bonds. The van der Waals surface area contributed by atoms with E-state index in [4.69, 9.17) is 9.84 Å². The summed E-state index contributed by atoms with van der Waals surface area (Å²) in [5.41, 5.74) is 1.60. The van der Waals surface area contributed by atoms with Crippen LogP contribution in [0.15, 0.2) is 36.4 Å². The van der Waals surface area contributed by atoms with E-state index >= 15 is 0 Å². The SMILES string of the molecule is CC(C)(C)C1CCC(Oc2ccc3cc(C4(NCCC(=O)O)CCC4)ccc3c2)CC1. The molecule has 31 heavy (non-hydrogen) atoms. The standard InChI is InChI=1S/C27H37NO3/c1-26(2,3)21-8-11-23(12-9-21)31-24-10-6-19-17-22(7-5-20(19)18-24)27(14-4-15-27)28-16-13-25(29)30/h5-7,10,17-18,21,23,28H,4,8-9,11-16H2,1-3H3,(H,29,30). The molecule has 2 aliphatic carbocycles. The minimum Gasteiger partial charge on any atom is -0.490 e. The number of benzene rings is 2. The van der Waals surface area contributed by atoms with Crippen molar-refractivity contribution in [3.8, 4) is 5.75 Å². The molecule has 0 heterocycles. The van der Waals surface area contributed by atoms with E-state index in [-0.39, 0.29) is 12.0 Å². The molecule has 0 atom stereocenters. The maximum atomic E-state index is 10.9. The Hall–Kier alpha value is -2.07. The molecule has 0 aliphatic heterocycles. The maximum Gasteiger partial charge on any atom is 0.304 e. The number of nitrogens with one attached hydrogen (secondary N) is 1. The summed E-state index contributed by atoms with van der Waals surface area (Å²) >= 11 is 0. The Morgan fingerprint density at radius 2 is 1.74 bits per heavy atom. The highest BCUT2D eigenvalue weighted by atomic mass is 16.5. The van der Waals surface area contributed by atoms with Crippen molar-refractivity contribution in [2.75, 3.05) is 6.54 Å². The Labute approximate surface area is 186 Å². The van der Waals surface area contributed by atoms with Crippen LogP contribution in [0.25, 0.3) is 10.8 Å². The second-order valence-corrected chi connectivity index (χ2v) is 10.7. The summed E-state index contributed by atoms with van der Waals surface area (Å²) in [6.07, 6.45) is 8.59. The zero-order valence-corrected chi connectivity index (χ0v) is 19.2. The molecule has 0 spiro atoms. The summed E-state index contributed by atoms with van der Waals surface area (Å²) < 4.78 is 6.36. The van der Waals surface area contributed by atoms with E-state index in [2.05, 4.69) is 62.5 Å². The lowest BCUT2D eigenvalue weighted by molar-refractivity contribution is -0.137. The van der Waals surface area contributed by atoms with Crippen molar-refractivity contribution in [3.63, 3.8) is 0 Å². The summed E-state index contributed by atoms with van der Waals surface area (Å²) in [5, 5.41) is 14.9. The zero-order chi connectivity index (χ0) is 22.1. The maximum absolute atomic E-state index is 10.9. The van der Waals surface area contributed by atoms with Gasteiger partial charge in [0.05, 0.1) is 12.5 Å². The van der Waals surface area contributed by atoms with Crippen molar-refractivity contribution >= 4 is 16.7 Å². The van der Waals surface area contributed by atoms with E-state index in [9.17, 15) is 4.79 Å². The van der Waals surface area contributed by atoms with Crippen LogP contribution in [0.1, 0.15) is 77.7 Å². The van der Waals surface area contributed by atoms with Gasteiger partial charge in [-0.1, -0.05) is 39.0 Å². The molecule has 2 fully saturated rings. The number of carboxylic acid groups (broad SMARTS) is 1. The Bertz CT molecular complexity index is 918. The first-order chi connectivity index (χ1) is 14.7. The molecule has 0 unspecified atom stereocenters. The van der Waals surface area contributed by atoms with Crippen LogP contribution >= 0.6 is 0 Å². The predicted octanol–water partition coefficient (Wildman–Crippen LogP) is 6.27. The van der Waals surface area contributed by atoms with Crippen LogP contribution in [0.5, 0.6) is 5.75 Å². The largest absolute Gasteiger partial charge is 0.490 e. The molecule has 0 bridgehead atoms. The Morgan fingerprint density at radius 3 is 2.35 bits per heavy atom. The third-order valence-electron chi connectivity index (χ3n) is 7.58. The highest BCUT2D eigenvalue weighted by molar-refractivity contribution is 5.84. The molecule has 2 saturated carbocycles. The lowest BCUT2D eigenvalue weighted by Gasteiger charge is -2.43. The van der Waals surface area contributed by atoms with Gasteiger partial charge in [0.2, 0.25) is 0 Å². The minimum atomic E-state index is -0.750. The van der Waals surface area contributed by atoms with Crippen LogP contribution < -0.4 is 10.1 Å². The Balaban J connectivity index is 1.42. The molecule has 0 radical (unpaired) electrons. The van der Waals surface area contributed by atoms with E-state index in [0.29, 0.717) is 18.1 Å². The lowest BCUT2D eigenvalue weighted by atomic mass is 9.71. The molecule has 0 saturated heterocycles. The van der Waals surface area contributed by atoms with E-state index in [1.165, 1.54) is 35.6 Å². The molecule has 2 aromatic carbocycles. The lowest BCUT2D eigenvalue weighted by Crippen LogP contribution is -2.48. The third kappa shape index (κ3) is 5.06. The second kappa shape index (κ2) is 8.82. The summed E-state index contributed by atoms with van der Waals surface area (Å²) in [6, 6.07) is 13.1. The number of hydrogen-bond acceptors (Lipinski definition) is 3. The molecule has 2 aromatic rings. The number of aliphatic carboxylic acids is 1. The fourth-order valence-corrected chi connectivity index (χ4v) is 5.34.